The third kappa shape index (κ3) is 4.11. The fraction of sp³-hybridized carbons (Fsp3) is 0.417. The lowest BCUT2D eigenvalue weighted by Gasteiger charge is -2.18. The molecule has 0 unspecified atom stereocenters. The molecule has 0 aliphatic carbocycles. The second kappa shape index (κ2) is 5.85. The molecule has 0 fully saturated rings. The van der Waals surface area contributed by atoms with E-state index in [-0.39, 0.29) is 6.42 Å². The second-order valence-corrected chi connectivity index (χ2v) is 3.89. The summed E-state index contributed by atoms with van der Waals surface area (Å²) in [6.45, 7) is 2.43. The Morgan fingerprint density at radius 1 is 1.59 bits per heavy atom. The Hall–Kier alpha value is -2.09. The Bertz CT molecular complexity index is 452. The Balaban J connectivity index is 2.68. The molecule has 0 spiro atoms. The molecule has 1 heterocycles. The maximum absolute atomic E-state index is 10.4. The average molecular weight is 233 g/mol. The van der Waals surface area contributed by atoms with Gasteiger partial charge in [0.2, 0.25) is 0 Å². The van der Waals surface area contributed by atoms with Crippen LogP contribution in [0.2, 0.25) is 0 Å². The molecule has 0 aliphatic heterocycles. The molecular formula is C12H15N3O2. The predicted octanol–water partition coefficient (Wildman–Crippen LogP) is 1.56. The number of nitrogens with zero attached hydrogens (tertiary/aromatic N) is 3. The molecule has 5 nitrogen and oxygen atoms in total. The Morgan fingerprint density at radius 2 is 2.29 bits per heavy atom. The van der Waals surface area contributed by atoms with Crippen molar-refractivity contribution < 1.29 is 9.90 Å². The Kier molecular flexibility index (Phi) is 4.46. The number of pyridine rings is 1. The number of aliphatic carboxylic acids is 1. The van der Waals surface area contributed by atoms with Crippen LogP contribution in [0.3, 0.4) is 0 Å². The van der Waals surface area contributed by atoms with Gasteiger partial charge in [0, 0.05) is 25.7 Å². The lowest BCUT2D eigenvalue weighted by Crippen LogP contribution is -2.20. The first kappa shape index (κ1) is 13.0. The fourth-order valence-electron chi connectivity index (χ4n) is 1.49. The first-order chi connectivity index (χ1) is 8.02. The number of carboxylic acids is 1. The number of hydrogen-bond acceptors (Lipinski definition) is 4. The first-order valence-electron chi connectivity index (χ1n) is 5.34. The van der Waals surface area contributed by atoms with E-state index < -0.39 is 5.97 Å². The minimum atomic E-state index is -0.798. The Morgan fingerprint density at radius 3 is 2.88 bits per heavy atom. The minimum absolute atomic E-state index is 0.140. The molecule has 0 bridgehead atoms. The quantitative estimate of drug-likeness (QED) is 0.835. The normalized spacial score (nSPS) is 9.71. The zero-order valence-corrected chi connectivity index (χ0v) is 9.97. The monoisotopic (exact) mass is 233 g/mol. The minimum Gasteiger partial charge on any atom is -0.481 e. The van der Waals surface area contributed by atoms with Gasteiger partial charge in [-0.3, -0.25) is 4.79 Å². The molecular weight excluding hydrogens is 218 g/mol. The van der Waals surface area contributed by atoms with Crippen LogP contribution in [0, 0.1) is 18.3 Å². The lowest BCUT2D eigenvalue weighted by molar-refractivity contribution is -0.137. The van der Waals surface area contributed by atoms with Gasteiger partial charge in [0.05, 0.1) is 11.6 Å². The third-order valence-corrected chi connectivity index (χ3v) is 2.34. The van der Waals surface area contributed by atoms with Crippen molar-refractivity contribution in [1.29, 1.82) is 5.26 Å². The number of anilines is 1. The molecule has 1 N–H and O–H groups in total. The molecule has 0 saturated carbocycles. The number of carboxylic acid groups (broad SMARTS) is 1. The number of aryl methyl sites for hydroxylation is 1. The third-order valence-electron chi connectivity index (χ3n) is 2.34. The van der Waals surface area contributed by atoms with Gasteiger partial charge in [-0.2, -0.15) is 5.26 Å². The molecule has 1 aromatic rings. The Labute approximate surface area is 100 Å². The van der Waals surface area contributed by atoms with Crippen LogP contribution in [0.5, 0.6) is 0 Å². The smallest absolute Gasteiger partial charge is 0.303 e. The molecule has 5 heteroatoms. The lowest BCUT2D eigenvalue weighted by atomic mass is 10.2. The van der Waals surface area contributed by atoms with Crippen LogP contribution in [-0.4, -0.2) is 29.7 Å². The SMILES string of the molecule is Cc1cc(C#N)cc(N(C)CCCC(=O)O)n1. The maximum Gasteiger partial charge on any atom is 0.303 e. The molecule has 0 aromatic carbocycles. The fourth-order valence-corrected chi connectivity index (χ4v) is 1.49. The van der Waals surface area contributed by atoms with E-state index in [4.69, 9.17) is 10.4 Å². The van der Waals surface area contributed by atoms with E-state index in [1.165, 1.54) is 0 Å². The number of carbonyl (C=O) groups is 1. The standard InChI is InChI=1S/C12H15N3O2/c1-9-6-10(8-13)7-11(14-9)15(2)5-3-4-12(16)17/h6-7H,3-5H2,1-2H3,(H,16,17). The van der Waals surface area contributed by atoms with Crippen molar-refractivity contribution in [1.82, 2.24) is 4.98 Å². The van der Waals surface area contributed by atoms with Crippen LogP contribution < -0.4 is 4.90 Å². The molecule has 0 atom stereocenters. The zero-order valence-electron chi connectivity index (χ0n) is 9.97. The zero-order chi connectivity index (χ0) is 12.8. The van der Waals surface area contributed by atoms with Crippen LogP contribution in [0.4, 0.5) is 5.82 Å². The molecule has 0 amide bonds. The molecule has 0 aliphatic rings. The van der Waals surface area contributed by atoms with Crippen LogP contribution >= 0.6 is 0 Å². The summed E-state index contributed by atoms with van der Waals surface area (Å²) >= 11 is 0. The van der Waals surface area contributed by atoms with E-state index in [2.05, 4.69) is 11.1 Å². The second-order valence-electron chi connectivity index (χ2n) is 3.89. The maximum atomic E-state index is 10.4. The summed E-state index contributed by atoms with van der Waals surface area (Å²) in [6.07, 6.45) is 0.699. The van der Waals surface area contributed by atoms with Crippen molar-refractivity contribution in [2.24, 2.45) is 0 Å². The molecule has 0 saturated heterocycles. The molecule has 90 valence electrons. The van der Waals surface area contributed by atoms with Gasteiger partial charge in [-0.1, -0.05) is 0 Å². The van der Waals surface area contributed by atoms with Gasteiger partial charge in [-0.15, -0.1) is 0 Å². The summed E-state index contributed by atoms with van der Waals surface area (Å²) in [7, 11) is 1.84. The summed E-state index contributed by atoms with van der Waals surface area (Å²) in [5.41, 5.74) is 1.35. The van der Waals surface area contributed by atoms with Gasteiger partial charge in [0.1, 0.15) is 5.82 Å². The summed E-state index contributed by atoms with van der Waals surface area (Å²) in [5, 5.41) is 17.4. The highest BCUT2D eigenvalue weighted by Gasteiger charge is 2.06. The van der Waals surface area contributed by atoms with Gasteiger partial charge >= 0.3 is 5.97 Å². The molecule has 1 rings (SSSR count). The van der Waals surface area contributed by atoms with E-state index in [0.29, 0.717) is 24.3 Å². The summed E-state index contributed by atoms with van der Waals surface area (Å²) in [4.78, 5) is 16.6. The topological polar surface area (TPSA) is 77.2 Å². The number of hydrogen-bond donors (Lipinski definition) is 1. The highest BCUT2D eigenvalue weighted by molar-refractivity contribution is 5.66. The van der Waals surface area contributed by atoms with E-state index in [1.807, 2.05) is 18.9 Å². The number of aromatic nitrogens is 1. The van der Waals surface area contributed by atoms with Crippen LogP contribution in [0.15, 0.2) is 12.1 Å². The van der Waals surface area contributed by atoms with Crippen molar-refractivity contribution >= 4 is 11.8 Å². The average Bonchev–Trinajstić information content (AvgIpc) is 2.27. The molecule has 17 heavy (non-hydrogen) atoms. The number of nitriles is 1. The van der Waals surface area contributed by atoms with Crippen molar-refractivity contribution in [3.8, 4) is 6.07 Å². The van der Waals surface area contributed by atoms with Crippen molar-refractivity contribution in [2.45, 2.75) is 19.8 Å². The van der Waals surface area contributed by atoms with Crippen molar-refractivity contribution in [3.63, 3.8) is 0 Å². The first-order valence-corrected chi connectivity index (χ1v) is 5.34. The summed E-state index contributed by atoms with van der Waals surface area (Å²) in [6, 6.07) is 5.50. The molecule has 1 aromatic heterocycles. The molecule has 0 radical (unpaired) electrons. The summed E-state index contributed by atoms with van der Waals surface area (Å²) in [5.74, 6) is -0.0970. The van der Waals surface area contributed by atoms with Gasteiger partial charge < -0.3 is 10.0 Å². The number of rotatable bonds is 5. The summed E-state index contributed by atoms with van der Waals surface area (Å²) < 4.78 is 0. The van der Waals surface area contributed by atoms with E-state index in [9.17, 15) is 4.79 Å². The van der Waals surface area contributed by atoms with Gasteiger partial charge in [-0.05, 0) is 25.5 Å². The van der Waals surface area contributed by atoms with E-state index >= 15 is 0 Å². The van der Waals surface area contributed by atoms with Crippen LogP contribution in [0.1, 0.15) is 24.1 Å². The van der Waals surface area contributed by atoms with E-state index in [1.54, 1.807) is 12.1 Å². The largest absolute Gasteiger partial charge is 0.481 e. The van der Waals surface area contributed by atoms with Gasteiger partial charge in [0.25, 0.3) is 0 Å². The van der Waals surface area contributed by atoms with Gasteiger partial charge in [0.15, 0.2) is 0 Å². The van der Waals surface area contributed by atoms with Crippen molar-refractivity contribution in [3.05, 3.63) is 23.4 Å². The highest BCUT2D eigenvalue weighted by atomic mass is 16.4. The van der Waals surface area contributed by atoms with Gasteiger partial charge in [-0.25, -0.2) is 4.98 Å². The van der Waals surface area contributed by atoms with Crippen LogP contribution in [-0.2, 0) is 4.79 Å². The van der Waals surface area contributed by atoms with Crippen LogP contribution in [0.25, 0.3) is 0 Å². The predicted molar refractivity (Wildman–Crippen MR) is 63.8 cm³/mol. The van der Waals surface area contributed by atoms with Crippen molar-refractivity contribution in [2.75, 3.05) is 18.5 Å². The van der Waals surface area contributed by atoms with E-state index in [0.717, 1.165) is 5.69 Å². The highest BCUT2D eigenvalue weighted by Crippen LogP contribution is 2.13.